The molecule has 0 aromatic carbocycles. The van der Waals surface area contributed by atoms with Gasteiger partial charge in [-0.2, -0.15) is 0 Å². The Morgan fingerprint density at radius 2 is 2.35 bits per heavy atom. The molecule has 1 aromatic rings. The molecule has 0 aliphatic heterocycles. The van der Waals surface area contributed by atoms with Gasteiger partial charge in [-0.1, -0.05) is 6.92 Å². The van der Waals surface area contributed by atoms with Gasteiger partial charge in [0.1, 0.15) is 6.04 Å². The van der Waals surface area contributed by atoms with Crippen molar-refractivity contribution >= 4 is 12.0 Å². The molecule has 0 radical (unpaired) electrons. The predicted molar refractivity (Wildman–Crippen MR) is 72.2 cm³/mol. The highest BCUT2D eigenvalue weighted by molar-refractivity contribution is 5.82. The summed E-state index contributed by atoms with van der Waals surface area (Å²) in [6, 6.07) is -1.24. The second-order valence-electron chi connectivity index (χ2n) is 5.40. The first-order valence-corrected chi connectivity index (χ1v) is 6.81. The number of imidazole rings is 1. The number of carboxylic acid groups (broad SMARTS) is 1. The number of hydrogen-bond donors (Lipinski definition) is 4. The number of carbonyl (C=O) groups is 2. The molecule has 2 rings (SSSR count). The van der Waals surface area contributed by atoms with Crippen LogP contribution in [-0.4, -0.2) is 39.2 Å². The number of H-pyrrole nitrogens is 1. The highest BCUT2D eigenvalue weighted by Crippen LogP contribution is 2.24. The maximum atomic E-state index is 11.8. The number of carbonyl (C=O) groups excluding carboxylic acids is 1. The maximum Gasteiger partial charge on any atom is 0.326 e. The van der Waals surface area contributed by atoms with Gasteiger partial charge in [0.25, 0.3) is 0 Å². The van der Waals surface area contributed by atoms with E-state index in [4.69, 9.17) is 5.11 Å². The minimum Gasteiger partial charge on any atom is -0.480 e. The van der Waals surface area contributed by atoms with Crippen molar-refractivity contribution in [3.8, 4) is 0 Å². The van der Waals surface area contributed by atoms with Gasteiger partial charge in [-0.25, -0.2) is 14.6 Å². The second-order valence-corrected chi connectivity index (χ2v) is 5.40. The summed E-state index contributed by atoms with van der Waals surface area (Å²) in [6.07, 6.45) is 6.21. The number of nitrogens with zero attached hydrogens (tertiary/aromatic N) is 1. The minimum atomic E-state index is -1.06. The molecule has 1 aromatic heterocycles. The lowest BCUT2D eigenvalue weighted by atomic mass is 10.1. The molecule has 1 heterocycles. The highest BCUT2D eigenvalue weighted by atomic mass is 16.4. The van der Waals surface area contributed by atoms with Gasteiger partial charge in [0.05, 0.1) is 6.33 Å². The van der Waals surface area contributed by atoms with E-state index in [0.717, 1.165) is 19.3 Å². The first-order chi connectivity index (χ1) is 9.54. The van der Waals surface area contributed by atoms with Crippen LogP contribution < -0.4 is 10.6 Å². The maximum absolute atomic E-state index is 11.8. The van der Waals surface area contributed by atoms with Crippen molar-refractivity contribution in [2.24, 2.45) is 5.92 Å². The van der Waals surface area contributed by atoms with Crippen LogP contribution in [0.5, 0.6) is 0 Å². The SMILES string of the molecule is CC1CCC(NC(=O)NC(Cc2cnc[nH]2)C(=O)O)C1. The fourth-order valence-corrected chi connectivity index (χ4v) is 2.54. The zero-order valence-electron chi connectivity index (χ0n) is 11.4. The third kappa shape index (κ3) is 3.97. The van der Waals surface area contributed by atoms with E-state index in [2.05, 4.69) is 27.5 Å². The Morgan fingerprint density at radius 1 is 1.55 bits per heavy atom. The number of urea groups is 1. The van der Waals surface area contributed by atoms with Gasteiger partial charge in [-0.05, 0) is 25.2 Å². The standard InChI is InChI=1S/C13H20N4O3/c1-8-2-3-9(4-8)16-13(20)17-11(12(18)19)5-10-6-14-7-15-10/h6-9,11H,2-5H2,1H3,(H,14,15)(H,18,19)(H2,16,17,20). The molecule has 3 atom stereocenters. The number of aromatic amines is 1. The lowest BCUT2D eigenvalue weighted by molar-refractivity contribution is -0.139. The van der Waals surface area contributed by atoms with Crippen molar-refractivity contribution in [2.45, 2.75) is 44.7 Å². The number of nitrogens with one attached hydrogen (secondary N) is 3. The average molecular weight is 280 g/mol. The topological polar surface area (TPSA) is 107 Å². The van der Waals surface area contributed by atoms with E-state index in [1.54, 1.807) is 6.20 Å². The molecule has 3 unspecified atom stereocenters. The molecule has 7 nitrogen and oxygen atoms in total. The number of carboxylic acids is 1. The number of aliphatic carboxylic acids is 1. The Labute approximate surface area is 117 Å². The molecule has 7 heteroatoms. The van der Waals surface area contributed by atoms with Gasteiger partial charge in [0.2, 0.25) is 0 Å². The first kappa shape index (κ1) is 14.4. The zero-order valence-corrected chi connectivity index (χ0v) is 11.4. The Balaban J connectivity index is 1.84. The number of aromatic nitrogens is 2. The van der Waals surface area contributed by atoms with Crippen LogP contribution in [-0.2, 0) is 11.2 Å². The van der Waals surface area contributed by atoms with E-state index in [1.165, 1.54) is 6.33 Å². The van der Waals surface area contributed by atoms with Crippen LogP contribution >= 0.6 is 0 Å². The van der Waals surface area contributed by atoms with Gasteiger partial charge < -0.3 is 20.7 Å². The highest BCUT2D eigenvalue weighted by Gasteiger charge is 2.25. The summed E-state index contributed by atoms with van der Waals surface area (Å²) >= 11 is 0. The Kier molecular flexibility index (Phi) is 4.60. The largest absolute Gasteiger partial charge is 0.480 e. The summed E-state index contributed by atoms with van der Waals surface area (Å²) in [5.74, 6) is -0.449. The summed E-state index contributed by atoms with van der Waals surface area (Å²) in [5, 5.41) is 14.5. The van der Waals surface area contributed by atoms with E-state index < -0.39 is 18.0 Å². The molecule has 1 aliphatic rings. The lowest BCUT2D eigenvalue weighted by Crippen LogP contribution is -2.49. The second kappa shape index (κ2) is 6.40. The lowest BCUT2D eigenvalue weighted by Gasteiger charge is -2.17. The number of rotatable bonds is 5. The van der Waals surface area contributed by atoms with Crippen LogP contribution in [0, 0.1) is 5.92 Å². The molecule has 1 aliphatic carbocycles. The molecule has 20 heavy (non-hydrogen) atoms. The monoisotopic (exact) mass is 280 g/mol. The van der Waals surface area contributed by atoms with Crippen molar-refractivity contribution in [3.63, 3.8) is 0 Å². The molecular formula is C13H20N4O3. The summed E-state index contributed by atoms with van der Waals surface area (Å²) in [7, 11) is 0. The molecule has 0 spiro atoms. The van der Waals surface area contributed by atoms with E-state index in [9.17, 15) is 9.59 Å². The molecule has 1 fully saturated rings. The third-order valence-electron chi connectivity index (χ3n) is 3.61. The van der Waals surface area contributed by atoms with Crippen molar-refractivity contribution < 1.29 is 14.7 Å². The predicted octanol–water partition coefficient (Wildman–Crippen LogP) is 0.893. The normalized spacial score (nSPS) is 23.2. The third-order valence-corrected chi connectivity index (χ3v) is 3.61. The van der Waals surface area contributed by atoms with Crippen LogP contribution in [0.3, 0.4) is 0 Å². The van der Waals surface area contributed by atoms with E-state index in [1.807, 2.05) is 0 Å². The van der Waals surface area contributed by atoms with Crippen molar-refractivity contribution in [1.29, 1.82) is 0 Å². The van der Waals surface area contributed by atoms with Gasteiger partial charge >= 0.3 is 12.0 Å². The van der Waals surface area contributed by atoms with Crippen LogP contribution in [0.15, 0.2) is 12.5 Å². The van der Waals surface area contributed by atoms with Gasteiger partial charge in [0, 0.05) is 24.4 Å². The summed E-state index contributed by atoms with van der Waals surface area (Å²) in [4.78, 5) is 29.7. The quantitative estimate of drug-likeness (QED) is 0.642. The molecule has 2 amide bonds. The van der Waals surface area contributed by atoms with Crippen LogP contribution in [0.25, 0.3) is 0 Å². The van der Waals surface area contributed by atoms with E-state index in [-0.39, 0.29) is 12.5 Å². The molecule has 110 valence electrons. The van der Waals surface area contributed by atoms with Gasteiger partial charge in [0.15, 0.2) is 0 Å². The summed E-state index contributed by atoms with van der Waals surface area (Å²) < 4.78 is 0. The molecular weight excluding hydrogens is 260 g/mol. The minimum absolute atomic E-state index is 0.145. The summed E-state index contributed by atoms with van der Waals surface area (Å²) in [6.45, 7) is 2.15. The van der Waals surface area contributed by atoms with Crippen molar-refractivity contribution in [2.75, 3.05) is 0 Å². The van der Waals surface area contributed by atoms with Gasteiger partial charge in [-0.3, -0.25) is 0 Å². The Morgan fingerprint density at radius 3 is 2.90 bits per heavy atom. The van der Waals surface area contributed by atoms with Crippen LogP contribution in [0.4, 0.5) is 4.79 Å². The van der Waals surface area contributed by atoms with Crippen molar-refractivity contribution in [1.82, 2.24) is 20.6 Å². The Bertz CT molecular complexity index is 460. The molecule has 4 N–H and O–H groups in total. The number of hydrogen-bond acceptors (Lipinski definition) is 3. The fraction of sp³-hybridized carbons (Fsp3) is 0.615. The fourth-order valence-electron chi connectivity index (χ4n) is 2.54. The van der Waals surface area contributed by atoms with Crippen LogP contribution in [0.2, 0.25) is 0 Å². The number of amides is 2. The van der Waals surface area contributed by atoms with Crippen molar-refractivity contribution in [3.05, 3.63) is 18.2 Å². The molecule has 0 bridgehead atoms. The van der Waals surface area contributed by atoms with Crippen LogP contribution in [0.1, 0.15) is 31.9 Å². The molecule has 1 saturated carbocycles. The summed E-state index contributed by atoms with van der Waals surface area (Å²) in [5.41, 5.74) is 0.673. The smallest absolute Gasteiger partial charge is 0.326 e. The van der Waals surface area contributed by atoms with E-state index >= 15 is 0 Å². The zero-order chi connectivity index (χ0) is 14.5. The average Bonchev–Trinajstić information content (AvgIpc) is 3.00. The first-order valence-electron chi connectivity index (χ1n) is 6.81. The van der Waals surface area contributed by atoms with Gasteiger partial charge in [-0.15, -0.1) is 0 Å². The van der Waals surface area contributed by atoms with E-state index in [0.29, 0.717) is 11.6 Å². The Hall–Kier alpha value is -2.05. The molecule has 0 saturated heterocycles.